The molecular formula is C11H19N3O2S. The molecule has 0 aliphatic heterocycles. The van der Waals surface area contributed by atoms with Crippen molar-refractivity contribution < 1.29 is 8.42 Å². The smallest absolute Gasteiger partial charge is 0.149 e. The van der Waals surface area contributed by atoms with E-state index in [0.29, 0.717) is 6.54 Å². The molecule has 0 aliphatic carbocycles. The summed E-state index contributed by atoms with van der Waals surface area (Å²) in [6, 6.07) is 3.69. The number of hydrogen-bond acceptors (Lipinski definition) is 5. The Labute approximate surface area is 103 Å². The SMILES string of the molecule is CC(N)c1ccnc(N(C)CCS(C)(=O)=O)c1. The second kappa shape index (κ2) is 5.46. The van der Waals surface area contributed by atoms with Crippen LogP contribution in [0.25, 0.3) is 0 Å². The molecule has 17 heavy (non-hydrogen) atoms. The van der Waals surface area contributed by atoms with Gasteiger partial charge in [0.25, 0.3) is 0 Å². The summed E-state index contributed by atoms with van der Waals surface area (Å²) in [5.41, 5.74) is 6.77. The van der Waals surface area contributed by atoms with Gasteiger partial charge in [-0.05, 0) is 24.6 Å². The van der Waals surface area contributed by atoms with Crippen molar-refractivity contribution in [3.8, 4) is 0 Å². The predicted octanol–water partition coefficient (Wildman–Crippen LogP) is 0.582. The second-order valence-corrected chi connectivity index (χ2v) is 6.55. The molecule has 1 heterocycles. The minimum atomic E-state index is -2.95. The van der Waals surface area contributed by atoms with E-state index in [2.05, 4.69) is 4.98 Å². The molecule has 1 unspecified atom stereocenters. The maximum Gasteiger partial charge on any atom is 0.149 e. The van der Waals surface area contributed by atoms with Crippen LogP contribution in [0.4, 0.5) is 5.82 Å². The maximum atomic E-state index is 11.1. The van der Waals surface area contributed by atoms with E-state index in [9.17, 15) is 8.42 Å². The van der Waals surface area contributed by atoms with E-state index < -0.39 is 9.84 Å². The first kappa shape index (κ1) is 13.9. The van der Waals surface area contributed by atoms with Crippen LogP contribution in [0.2, 0.25) is 0 Å². The van der Waals surface area contributed by atoms with Crippen LogP contribution in [0.3, 0.4) is 0 Å². The van der Waals surface area contributed by atoms with Crippen molar-refractivity contribution in [2.75, 3.05) is 30.5 Å². The monoisotopic (exact) mass is 257 g/mol. The lowest BCUT2D eigenvalue weighted by Gasteiger charge is -2.18. The minimum Gasteiger partial charge on any atom is -0.359 e. The summed E-state index contributed by atoms with van der Waals surface area (Å²) >= 11 is 0. The summed E-state index contributed by atoms with van der Waals surface area (Å²) in [5, 5.41) is 0. The Bertz CT molecular complexity index is 471. The van der Waals surface area contributed by atoms with Crippen LogP contribution >= 0.6 is 0 Å². The zero-order chi connectivity index (χ0) is 13.1. The van der Waals surface area contributed by atoms with Gasteiger partial charge in [0, 0.05) is 32.1 Å². The second-order valence-electron chi connectivity index (χ2n) is 4.29. The summed E-state index contributed by atoms with van der Waals surface area (Å²) in [6.07, 6.45) is 2.91. The molecule has 2 N–H and O–H groups in total. The van der Waals surface area contributed by atoms with Crippen molar-refractivity contribution in [3.05, 3.63) is 23.9 Å². The van der Waals surface area contributed by atoms with Gasteiger partial charge in [-0.15, -0.1) is 0 Å². The molecule has 96 valence electrons. The van der Waals surface area contributed by atoms with Crippen molar-refractivity contribution in [2.45, 2.75) is 13.0 Å². The molecule has 0 amide bonds. The zero-order valence-corrected chi connectivity index (χ0v) is 11.2. The lowest BCUT2D eigenvalue weighted by Crippen LogP contribution is -2.25. The number of aromatic nitrogens is 1. The van der Waals surface area contributed by atoms with Crippen LogP contribution < -0.4 is 10.6 Å². The molecule has 1 aromatic rings. The van der Waals surface area contributed by atoms with Gasteiger partial charge in [0.1, 0.15) is 15.7 Å². The van der Waals surface area contributed by atoms with Crippen molar-refractivity contribution >= 4 is 15.7 Å². The van der Waals surface area contributed by atoms with Crippen molar-refractivity contribution in [1.29, 1.82) is 0 Å². The largest absolute Gasteiger partial charge is 0.359 e. The molecule has 0 spiro atoms. The highest BCUT2D eigenvalue weighted by Crippen LogP contribution is 2.15. The molecule has 5 nitrogen and oxygen atoms in total. The summed E-state index contributed by atoms with van der Waals surface area (Å²) in [6.45, 7) is 2.32. The Kier molecular flexibility index (Phi) is 4.47. The third-order valence-electron chi connectivity index (χ3n) is 2.48. The molecule has 6 heteroatoms. The fourth-order valence-electron chi connectivity index (χ4n) is 1.34. The van der Waals surface area contributed by atoms with Gasteiger partial charge in [-0.25, -0.2) is 13.4 Å². The number of pyridine rings is 1. The summed E-state index contributed by atoms with van der Waals surface area (Å²) in [4.78, 5) is 6.01. The molecule has 0 aromatic carbocycles. The molecule has 1 atom stereocenters. The van der Waals surface area contributed by atoms with E-state index in [-0.39, 0.29) is 11.8 Å². The molecule has 0 radical (unpaired) electrons. The van der Waals surface area contributed by atoms with E-state index in [4.69, 9.17) is 5.73 Å². The summed E-state index contributed by atoms with van der Waals surface area (Å²) in [5.74, 6) is 0.858. The van der Waals surface area contributed by atoms with E-state index >= 15 is 0 Å². The van der Waals surface area contributed by atoms with Gasteiger partial charge >= 0.3 is 0 Å². The van der Waals surface area contributed by atoms with E-state index in [1.54, 1.807) is 6.20 Å². The van der Waals surface area contributed by atoms with E-state index in [1.807, 2.05) is 31.0 Å². The first-order chi connectivity index (χ1) is 7.79. The Morgan fingerprint density at radius 1 is 1.53 bits per heavy atom. The zero-order valence-electron chi connectivity index (χ0n) is 10.4. The third-order valence-corrected chi connectivity index (χ3v) is 3.41. The molecule has 0 saturated heterocycles. The number of anilines is 1. The molecule has 0 aliphatic rings. The van der Waals surface area contributed by atoms with Gasteiger partial charge in [-0.2, -0.15) is 0 Å². The van der Waals surface area contributed by atoms with Crippen LogP contribution in [0.5, 0.6) is 0 Å². The summed E-state index contributed by atoms with van der Waals surface area (Å²) < 4.78 is 22.2. The number of rotatable bonds is 5. The predicted molar refractivity (Wildman–Crippen MR) is 69.8 cm³/mol. The lowest BCUT2D eigenvalue weighted by atomic mass is 10.1. The fourth-order valence-corrected chi connectivity index (χ4v) is 1.95. The van der Waals surface area contributed by atoms with E-state index in [0.717, 1.165) is 11.4 Å². The van der Waals surface area contributed by atoms with Crippen LogP contribution in [-0.2, 0) is 9.84 Å². The van der Waals surface area contributed by atoms with Crippen LogP contribution in [0.15, 0.2) is 18.3 Å². The van der Waals surface area contributed by atoms with E-state index in [1.165, 1.54) is 6.26 Å². The molecule has 0 saturated carbocycles. The van der Waals surface area contributed by atoms with Crippen LogP contribution in [0, 0.1) is 0 Å². The average molecular weight is 257 g/mol. The van der Waals surface area contributed by atoms with Gasteiger partial charge in [-0.1, -0.05) is 0 Å². The van der Waals surface area contributed by atoms with Crippen molar-refractivity contribution in [1.82, 2.24) is 4.98 Å². The van der Waals surface area contributed by atoms with Crippen LogP contribution in [0.1, 0.15) is 18.5 Å². The fraction of sp³-hybridized carbons (Fsp3) is 0.545. The Morgan fingerprint density at radius 3 is 2.71 bits per heavy atom. The molecule has 0 fully saturated rings. The number of nitrogens with zero attached hydrogens (tertiary/aromatic N) is 2. The highest BCUT2D eigenvalue weighted by Gasteiger charge is 2.08. The normalized spacial score (nSPS) is 13.4. The first-order valence-electron chi connectivity index (χ1n) is 5.40. The highest BCUT2D eigenvalue weighted by molar-refractivity contribution is 7.90. The van der Waals surface area contributed by atoms with Crippen LogP contribution in [-0.4, -0.2) is 39.0 Å². The summed E-state index contributed by atoms with van der Waals surface area (Å²) in [7, 11) is -1.13. The topological polar surface area (TPSA) is 76.3 Å². The van der Waals surface area contributed by atoms with Gasteiger partial charge in [0.2, 0.25) is 0 Å². The Morgan fingerprint density at radius 2 is 2.18 bits per heavy atom. The minimum absolute atomic E-state index is 0.0555. The maximum absolute atomic E-state index is 11.1. The standard InChI is InChI=1S/C11H19N3O2S/c1-9(12)10-4-5-13-11(8-10)14(2)6-7-17(3,15)16/h4-5,8-9H,6-7,12H2,1-3H3. The number of hydrogen-bond donors (Lipinski definition) is 1. The van der Waals surface area contributed by atoms with Gasteiger partial charge in [0.05, 0.1) is 5.75 Å². The van der Waals surface area contributed by atoms with Crippen molar-refractivity contribution in [3.63, 3.8) is 0 Å². The Balaban J connectivity index is 2.75. The molecule has 0 bridgehead atoms. The van der Waals surface area contributed by atoms with Gasteiger partial charge in [0.15, 0.2) is 0 Å². The number of nitrogens with two attached hydrogens (primary N) is 1. The molecule has 1 aromatic heterocycles. The van der Waals surface area contributed by atoms with Gasteiger partial charge in [-0.3, -0.25) is 0 Å². The lowest BCUT2D eigenvalue weighted by molar-refractivity contribution is 0.601. The Hall–Kier alpha value is -1.14. The highest BCUT2D eigenvalue weighted by atomic mass is 32.2. The quantitative estimate of drug-likeness (QED) is 0.835. The first-order valence-corrected chi connectivity index (χ1v) is 7.46. The van der Waals surface area contributed by atoms with Crippen molar-refractivity contribution in [2.24, 2.45) is 5.73 Å². The molecular weight excluding hydrogens is 238 g/mol. The number of sulfone groups is 1. The molecule has 1 rings (SSSR count). The van der Waals surface area contributed by atoms with Gasteiger partial charge < -0.3 is 10.6 Å². The third kappa shape index (κ3) is 4.70. The average Bonchev–Trinajstić information content (AvgIpc) is 2.25.